The van der Waals surface area contributed by atoms with Gasteiger partial charge in [-0.15, -0.1) is 0 Å². The lowest BCUT2D eigenvalue weighted by Gasteiger charge is -2.08. The Morgan fingerprint density at radius 3 is 2.20 bits per heavy atom. The number of hydrogen-bond acceptors (Lipinski definition) is 3. The topological polar surface area (TPSA) is 72.2 Å². The number of nitrogens with two attached hydrogens (primary N) is 1. The van der Waals surface area contributed by atoms with E-state index in [4.69, 9.17) is 18.0 Å². The molecule has 0 bridgehead atoms. The van der Waals surface area contributed by atoms with Crippen molar-refractivity contribution < 1.29 is 8.42 Å². The van der Waals surface area contributed by atoms with Crippen LogP contribution in [0.3, 0.4) is 0 Å². The Bertz CT molecular complexity index is 696. The van der Waals surface area contributed by atoms with Crippen molar-refractivity contribution in [2.75, 3.05) is 4.72 Å². The Balaban J connectivity index is 2.16. The standard InChI is InChI=1S/C14H14N2O2S2/c15-14(19)10-11-6-8-12(9-7-11)16-20(17,18)13-4-2-1-3-5-13/h1-9,16H,10H2,(H2,15,19). The van der Waals surface area contributed by atoms with Crippen LogP contribution < -0.4 is 10.5 Å². The fourth-order valence-corrected chi connectivity index (χ4v) is 2.95. The molecule has 104 valence electrons. The van der Waals surface area contributed by atoms with Crippen molar-refractivity contribution in [3.8, 4) is 0 Å². The fourth-order valence-electron chi connectivity index (χ4n) is 1.71. The summed E-state index contributed by atoms with van der Waals surface area (Å²) in [5, 5.41) is 0. The molecular weight excluding hydrogens is 292 g/mol. The van der Waals surface area contributed by atoms with E-state index in [1.807, 2.05) is 0 Å². The van der Waals surface area contributed by atoms with Gasteiger partial charge >= 0.3 is 0 Å². The van der Waals surface area contributed by atoms with Crippen LogP contribution in [0.15, 0.2) is 59.5 Å². The molecule has 0 fully saturated rings. The predicted octanol–water partition coefficient (Wildman–Crippen LogP) is 2.32. The highest BCUT2D eigenvalue weighted by Gasteiger charge is 2.13. The van der Waals surface area contributed by atoms with Crippen molar-refractivity contribution in [2.24, 2.45) is 5.73 Å². The van der Waals surface area contributed by atoms with Gasteiger partial charge in [-0.25, -0.2) is 8.42 Å². The zero-order chi connectivity index (χ0) is 14.6. The monoisotopic (exact) mass is 306 g/mol. The summed E-state index contributed by atoms with van der Waals surface area (Å²) in [7, 11) is -3.55. The third-order valence-electron chi connectivity index (χ3n) is 2.64. The third-order valence-corrected chi connectivity index (χ3v) is 4.18. The van der Waals surface area contributed by atoms with Gasteiger partial charge in [-0.05, 0) is 29.8 Å². The van der Waals surface area contributed by atoms with Crippen LogP contribution in [0.2, 0.25) is 0 Å². The summed E-state index contributed by atoms with van der Waals surface area (Å²) in [6, 6.07) is 15.2. The van der Waals surface area contributed by atoms with Gasteiger partial charge < -0.3 is 5.73 Å². The lowest BCUT2D eigenvalue weighted by atomic mass is 10.1. The van der Waals surface area contributed by atoms with E-state index in [2.05, 4.69) is 4.72 Å². The van der Waals surface area contributed by atoms with Gasteiger partial charge in [0.1, 0.15) is 0 Å². The van der Waals surface area contributed by atoms with Gasteiger partial charge in [0.15, 0.2) is 0 Å². The van der Waals surface area contributed by atoms with Gasteiger partial charge in [0.05, 0.1) is 9.88 Å². The molecule has 3 N–H and O–H groups in total. The van der Waals surface area contributed by atoms with Gasteiger partial charge in [-0.1, -0.05) is 42.5 Å². The highest BCUT2D eigenvalue weighted by atomic mass is 32.2. The van der Waals surface area contributed by atoms with E-state index in [0.717, 1.165) is 5.56 Å². The van der Waals surface area contributed by atoms with Crippen molar-refractivity contribution in [1.29, 1.82) is 0 Å². The molecule has 0 saturated carbocycles. The lowest BCUT2D eigenvalue weighted by molar-refractivity contribution is 0.601. The second-order valence-corrected chi connectivity index (χ2v) is 6.47. The number of anilines is 1. The molecule has 0 unspecified atom stereocenters. The zero-order valence-corrected chi connectivity index (χ0v) is 12.2. The van der Waals surface area contributed by atoms with Gasteiger partial charge in [0.2, 0.25) is 0 Å². The molecule has 0 spiro atoms. The highest BCUT2D eigenvalue weighted by molar-refractivity contribution is 7.92. The van der Waals surface area contributed by atoms with Crippen molar-refractivity contribution in [3.05, 3.63) is 60.2 Å². The molecular formula is C14H14N2O2S2. The SMILES string of the molecule is NC(=S)Cc1ccc(NS(=O)(=O)c2ccccc2)cc1. The molecule has 4 nitrogen and oxygen atoms in total. The Hall–Kier alpha value is -1.92. The molecule has 0 atom stereocenters. The molecule has 0 aromatic heterocycles. The summed E-state index contributed by atoms with van der Waals surface area (Å²) in [6.07, 6.45) is 0.501. The summed E-state index contributed by atoms with van der Waals surface area (Å²) in [5.41, 5.74) is 6.91. The zero-order valence-electron chi connectivity index (χ0n) is 10.6. The summed E-state index contributed by atoms with van der Waals surface area (Å²) in [4.78, 5) is 0.634. The van der Waals surface area contributed by atoms with Crippen LogP contribution in [-0.4, -0.2) is 13.4 Å². The second kappa shape index (κ2) is 6.02. The summed E-state index contributed by atoms with van der Waals surface area (Å²) < 4.78 is 26.7. The minimum absolute atomic E-state index is 0.229. The summed E-state index contributed by atoms with van der Waals surface area (Å²) >= 11 is 4.83. The van der Waals surface area contributed by atoms with Crippen molar-refractivity contribution in [3.63, 3.8) is 0 Å². The largest absolute Gasteiger partial charge is 0.393 e. The number of hydrogen-bond donors (Lipinski definition) is 2. The number of benzene rings is 2. The number of sulfonamides is 1. The first-order valence-electron chi connectivity index (χ1n) is 5.92. The molecule has 0 heterocycles. The van der Waals surface area contributed by atoms with E-state index in [1.54, 1.807) is 54.6 Å². The molecule has 2 aromatic carbocycles. The first-order valence-corrected chi connectivity index (χ1v) is 7.81. The van der Waals surface area contributed by atoms with Crippen LogP contribution in [0.25, 0.3) is 0 Å². The third kappa shape index (κ3) is 3.79. The fraction of sp³-hybridized carbons (Fsp3) is 0.0714. The number of nitrogens with one attached hydrogen (secondary N) is 1. The van der Waals surface area contributed by atoms with E-state index >= 15 is 0 Å². The quantitative estimate of drug-likeness (QED) is 0.832. The normalized spacial score (nSPS) is 11.0. The van der Waals surface area contributed by atoms with Crippen LogP contribution in [0.4, 0.5) is 5.69 Å². The van der Waals surface area contributed by atoms with Gasteiger partial charge in [-0.3, -0.25) is 4.72 Å². The van der Waals surface area contributed by atoms with E-state index in [-0.39, 0.29) is 4.90 Å². The number of rotatable bonds is 5. The molecule has 0 aliphatic rings. The van der Waals surface area contributed by atoms with Crippen LogP contribution in [-0.2, 0) is 16.4 Å². The molecule has 2 aromatic rings. The maximum absolute atomic E-state index is 12.1. The van der Waals surface area contributed by atoms with Crippen LogP contribution in [0.5, 0.6) is 0 Å². The minimum atomic E-state index is -3.55. The maximum Gasteiger partial charge on any atom is 0.261 e. The van der Waals surface area contributed by atoms with Crippen LogP contribution in [0, 0.1) is 0 Å². The van der Waals surface area contributed by atoms with E-state index in [1.165, 1.54) is 0 Å². The lowest BCUT2D eigenvalue weighted by Crippen LogP contribution is -2.13. The first kappa shape index (κ1) is 14.5. The van der Waals surface area contributed by atoms with E-state index in [9.17, 15) is 8.42 Å². The molecule has 0 saturated heterocycles. The Labute approximate surface area is 123 Å². The van der Waals surface area contributed by atoms with Crippen molar-refractivity contribution in [2.45, 2.75) is 11.3 Å². The average molecular weight is 306 g/mol. The van der Waals surface area contributed by atoms with Gasteiger partial charge in [0.25, 0.3) is 10.0 Å². The Morgan fingerprint density at radius 2 is 1.65 bits per heavy atom. The predicted molar refractivity (Wildman–Crippen MR) is 84.2 cm³/mol. The van der Waals surface area contributed by atoms with Gasteiger partial charge in [-0.2, -0.15) is 0 Å². The average Bonchev–Trinajstić information content (AvgIpc) is 2.41. The van der Waals surface area contributed by atoms with Crippen molar-refractivity contribution in [1.82, 2.24) is 0 Å². The maximum atomic E-state index is 12.1. The molecule has 0 amide bonds. The first-order chi connectivity index (χ1) is 9.47. The van der Waals surface area contributed by atoms with E-state index in [0.29, 0.717) is 17.1 Å². The minimum Gasteiger partial charge on any atom is -0.393 e. The highest BCUT2D eigenvalue weighted by Crippen LogP contribution is 2.16. The summed E-state index contributed by atoms with van der Waals surface area (Å²) in [6.45, 7) is 0. The molecule has 0 aliphatic carbocycles. The Morgan fingerprint density at radius 1 is 1.05 bits per heavy atom. The second-order valence-electron chi connectivity index (χ2n) is 4.26. The molecule has 0 aliphatic heterocycles. The van der Waals surface area contributed by atoms with E-state index < -0.39 is 10.0 Å². The van der Waals surface area contributed by atoms with Crippen LogP contribution >= 0.6 is 12.2 Å². The van der Waals surface area contributed by atoms with Crippen molar-refractivity contribution >= 4 is 32.9 Å². The molecule has 0 radical (unpaired) electrons. The molecule has 2 rings (SSSR count). The Kier molecular flexibility index (Phi) is 4.36. The summed E-state index contributed by atoms with van der Waals surface area (Å²) in [5.74, 6) is 0. The van der Waals surface area contributed by atoms with Crippen LogP contribution in [0.1, 0.15) is 5.56 Å². The molecule has 20 heavy (non-hydrogen) atoms. The van der Waals surface area contributed by atoms with Gasteiger partial charge in [0, 0.05) is 12.1 Å². The molecule has 6 heteroatoms. The number of thiocarbonyl (C=S) groups is 1. The smallest absolute Gasteiger partial charge is 0.261 e.